The highest BCUT2D eigenvalue weighted by molar-refractivity contribution is 8.00. The molecule has 0 aromatic heterocycles. The molecule has 26 heavy (non-hydrogen) atoms. The van der Waals surface area contributed by atoms with Gasteiger partial charge in [0.1, 0.15) is 0 Å². The lowest BCUT2D eigenvalue weighted by molar-refractivity contribution is -0.124. The third-order valence-electron chi connectivity index (χ3n) is 4.81. The normalized spacial score (nSPS) is 21.6. The first-order valence-corrected chi connectivity index (χ1v) is 10.1. The van der Waals surface area contributed by atoms with Gasteiger partial charge >= 0.3 is 6.09 Å². The van der Waals surface area contributed by atoms with Crippen LogP contribution in [-0.2, 0) is 22.4 Å². The summed E-state index contributed by atoms with van der Waals surface area (Å²) in [7, 11) is 0. The Hall–Kier alpha value is -2.02. The van der Waals surface area contributed by atoms with Crippen LogP contribution in [0.15, 0.2) is 18.2 Å². The Balaban J connectivity index is 1.62. The van der Waals surface area contributed by atoms with Gasteiger partial charge in [0.25, 0.3) is 5.91 Å². The van der Waals surface area contributed by atoms with E-state index in [-0.39, 0.29) is 17.9 Å². The van der Waals surface area contributed by atoms with Crippen molar-refractivity contribution in [2.75, 3.05) is 12.4 Å². The lowest BCUT2D eigenvalue weighted by Gasteiger charge is -2.20. The third-order valence-corrected chi connectivity index (χ3v) is 6.09. The van der Waals surface area contributed by atoms with Crippen LogP contribution >= 0.6 is 11.8 Å². The number of amides is 3. The molecule has 2 N–H and O–H groups in total. The maximum atomic E-state index is 12.6. The van der Waals surface area contributed by atoms with Gasteiger partial charge in [-0.25, -0.2) is 4.79 Å². The number of nitrogens with one attached hydrogen (secondary N) is 2. The first-order valence-electron chi connectivity index (χ1n) is 9.10. The highest BCUT2D eigenvalue weighted by atomic mass is 32.2. The number of thioether (sulfide) groups is 1. The van der Waals surface area contributed by atoms with Gasteiger partial charge in [-0.15, -0.1) is 11.8 Å². The van der Waals surface area contributed by atoms with E-state index in [1.807, 2.05) is 18.2 Å². The zero-order valence-electron chi connectivity index (χ0n) is 14.9. The molecule has 1 aromatic rings. The maximum Gasteiger partial charge on any atom is 0.413 e. The first kappa shape index (κ1) is 18.8. The fraction of sp³-hybridized carbons (Fsp3) is 0.526. The molecule has 0 radical (unpaired) electrons. The summed E-state index contributed by atoms with van der Waals surface area (Å²) < 4.78 is 4.75. The van der Waals surface area contributed by atoms with Crippen LogP contribution in [0.3, 0.4) is 0 Å². The second-order valence-corrected chi connectivity index (χ2v) is 7.81. The molecular formula is C19H24N2O4S. The van der Waals surface area contributed by atoms with Crippen LogP contribution in [-0.4, -0.2) is 35.6 Å². The van der Waals surface area contributed by atoms with E-state index < -0.39 is 17.9 Å². The van der Waals surface area contributed by atoms with Gasteiger partial charge in [0.05, 0.1) is 17.9 Å². The molecule has 1 aliphatic heterocycles. The number of imide groups is 1. The number of ether oxygens (including phenoxy) is 1. The third kappa shape index (κ3) is 4.38. The Kier molecular flexibility index (Phi) is 6.19. The van der Waals surface area contributed by atoms with Crippen LogP contribution < -0.4 is 10.6 Å². The summed E-state index contributed by atoms with van der Waals surface area (Å²) in [5, 5.41) is 4.85. The number of carbonyl (C=O) groups excluding carboxylic acids is 3. The van der Waals surface area contributed by atoms with Crippen molar-refractivity contribution < 1.29 is 19.1 Å². The van der Waals surface area contributed by atoms with E-state index in [1.54, 1.807) is 6.92 Å². The second-order valence-electron chi connectivity index (χ2n) is 6.56. The van der Waals surface area contributed by atoms with Crippen molar-refractivity contribution in [3.63, 3.8) is 0 Å². The summed E-state index contributed by atoms with van der Waals surface area (Å²) in [6.45, 7) is 1.88. The minimum Gasteiger partial charge on any atom is -0.450 e. The average molecular weight is 376 g/mol. The Morgan fingerprint density at radius 2 is 1.96 bits per heavy atom. The largest absolute Gasteiger partial charge is 0.450 e. The lowest BCUT2D eigenvalue weighted by Crippen LogP contribution is -2.44. The Morgan fingerprint density at radius 3 is 2.73 bits per heavy atom. The van der Waals surface area contributed by atoms with Crippen LogP contribution in [0, 0.1) is 5.92 Å². The minimum absolute atomic E-state index is 0.174. The quantitative estimate of drug-likeness (QED) is 0.844. The predicted molar refractivity (Wildman–Crippen MR) is 100 cm³/mol. The van der Waals surface area contributed by atoms with E-state index in [9.17, 15) is 14.4 Å². The fourth-order valence-electron chi connectivity index (χ4n) is 3.45. The van der Waals surface area contributed by atoms with Gasteiger partial charge in [0.2, 0.25) is 5.91 Å². The summed E-state index contributed by atoms with van der Waals surface area (Å²) in [6.07, 6.45) is 4.33. The van der Waals surface area contributed by atoms with Gasteiger partial charge < -0.3 is 10.1 Å². The molecule has 2 aliphatic rings. The van der Waals surface area contributed by atoms with E-state index >= 15 is 0 Å². The van der Waals surface area contributed by atoms with Gasteiger partial charge in [-0.1, -0.05) is 6.07 Å². The van der Waals surface area contributed by atoms with E-state index in [0.29, 0.717) is 12.0 Å². The molecule has 140 valence electrons. The first-order chi connectivity index (χ1) is 12.6. The summed E-state index contributed by atoms with van der Waals surface area (Å²) in [5.74, 6) is -0.252. The molecule has 0 spiro atoms. The van der Waals surface area contributed by atoms with Crippen molar-refractivity contribution in [1.82, 2.24) is 10.6 Å². The molecule has 0 saturated carbocycles. The van der Waals surface area contributed by atoms with Crippen molar-refractivity contribution >= 4 is 29.7 Å². The lowest BCUT2D eigenvalue weighted by atomic mass is 9.90. The van der Waals surface area contributed by atoms with E-state index in [2.05, 4.69) is 10.6 Å². The molecule has 1 fully saturated rings. The molecule has 1 aliphatic carbocycles. The SMILES string of the molecule is CCOC(=O)NC(=O)C1CCSC1NC(=O)c1ccc2c(c1)CCCC2. The van der Waals surface area contributed by atoms with Crippen LogP contribution in [0.2, 0.25) is 0 Å². The molecule has 0 bridgehead atoms. The average Bonchev–Trinajstić information content (AvgIpc) is 3.09. The van der Waals surface area contributed by atoms with Gasteiger partial charge in [-0.3, -0.25) is 14.9 Å². The van der Waals surface area contributed by atoms with Crippen LogP contribution in [0.25, 0.3) is 0 Å². The molecule has 6 nitrogen and oxygen atoms in total. The van der Waals surface area contributed by atoms with E-state index in [4.69, 9.17) is 4.74 Å². The molecular weight excluding hydrogens is 352 g/mol. The van der Waals surface area contributed by atoms with Gasteiger partial charge in [0.15, 0.2) is 0 Å². The molecule has 7 heteroatoms. The molecule has 3 rings (SSSR count). The van der Waals surface area contributed by atoms with Crippen molar-refractivity contribution in [3.8, 4) is 0 Å². The fourth-order valence-corrected chi connectivity index (χ4v) is 4.77. The highest BCUT2D eigenvalue weighted by Gasteiger charge is 2.35. The summed E-state index contributed by atoms with van der Waals surface area (Å²) in [4.78, 5) is 36.4. The van der Waals surface area contributed by atoms with Crippen LogP contribution in [0.5, 0.6) is 0 Å². The molecule has 3 amide bonds. The topological polar surface area (TPSA) is 84.5 Å². The molecule has 1 heterocycles. The number of fused-ring (bicyclic) bond motifs is 1. The van der Waals surface area contributed by atoms with Crippen LogP contribution in [0.4, 0.5) is 4.79 Å². The zero-order chi connectivity index (χ0) is 18.5. The number of hydrogen-bond donors (Lipinski definition) is 2. The Labute approximate surface area is 157 Å². The van der Waals surface area contributed by atoms with Gasteiger partial charge in [-0.05, 0) is 68.0 Å². The Morgan fingerprint density at radius 1 is 1.19 bits per heavy atom. The number of hydrogen-bond acceptors (Lipinski definition) is 5. The van der Waals surface area contributed by atoms with Gasteiger partial charge in [0, 0.05) is 5.56 Å². The Bertz CT molecular complexity index is 707. The molecule has 1 aromatic carbocycles. The van der Waals surface area contributed by atoms with Crippen molar-refractivity contribution in [1.29, 1.82) is 0 Å². The van der Waals surface area contributed by atoms with Crippen LogP contribution in [0.1, 0.15) is 47.7 Å². The van der Waals surface area contributed by atoms with Crippen molar-refractivity contribution in [2.45, 2.75) is 44.4 Å². The van der Waals surface area contributed by atoms with E-state index in [1.165, 1.54) is 29.3 Å². The van der Waals surface area contributed by atoms with Crippen molar-refractivity contribution in [2.24, 2.45) is 5.92 Å². The minimum atomic E-state index is -0.742. The molecule has 2 atom stereocenters. The molecule has 1 saturated heterocycles. The monoisotopic (exact) mass is 376 g/mol. The predicted octanol–water partition coefficient (Wildman–Crippen LogP) is 2.65. The second kappa shape index (κ2) is 8.58. The number of aryl methyl sites for hydroxylation is 2. The molecule has 2 unspecified atom stereocenters. The smallest absolute Gasteiger partial charge is 0.413 e. The number of benzene rings is 1. The number of rotatable bonds is 4. The highest BCUT2D eigenvalue weighted by Crippen LogP contribution is 2.31. The number of alkyl carbamates (subject to hydrolysis) is 1. The standard InChI is InChI=1S/C19H24N2O4S/c1-2-25-19(24)21-17(23)15-9-10-26-18(15)20-16(22)14-8-7-12-5-3-4-6-13(12)11-14/h7-8,11,15,18H,2-6,9-10H2,1H3,(H,20,22)(H,21,23,24). The van der Waals surface area contributed by atoms with Crippen molar-refractivity contribution in [3.05, 3.63) is 34.9 Å². The summed E-state index contributed by atoms with van der Waals surface area (Å²) in [5.41, 5.74) is 3.21. The maximum absolute atomic E-state index is 12.6. The zero-order valence-corrected chi connectivity index (χ0v) is 15.7. The summed E-state index contributed by atoms with van der Waals surface area (Å²) >= 11 is 1.53. The van der Waals surface area contributed by atoms with E-state index in [0.717, 1.165) is 25.0 Å². The number of carbonyl (C=O) groups is 3. The summed E-state index contributed by atoms with van der Waals surface area (Å²) in [6, 6.07) is 5.86. The van der Waals surface area contributed by atoms with Gasteiger partial charge in [-0.2, -0.15) is 0 Å².